The van der Waals surface area contributed by atoms with Crippen LogP contribution < -0.4 is 5.73 Å². The Morgan fingerprint density at radius 2 is 1.93 bits per heavy atom. The molecule has 0 heterocycles. The number of hydrogen-bond donors (Lipinski definition) is 2. The van der Waals surface area contributed by atoms with Crippen LogP contribution in [0.15, 0.2) is 0 Å². The second-order valence-electron chi connectivity index (χ2n) is 2.43. The van der Waals surface area contributed by atoms with Crippen LogP contribution in [0.1, 0.15) is 19.8 Å². The molecule has 0 atom stereocenters. The van der Waals surface area contributed by atoms with E-state index in [1.807, 2.05) is 0 Å². The Balaban J connectivity index is 0. The summed E-state index contributed by atoms with van der Waals surface area (Å²) in [5, 5.41) is 0. The zero-order valence-electron chi connectivity index (χ0n) is 8.39. The van der Waals surface area contributed by atoms with Crippen LogP contribution in [0.5, 0.6) is 0 Å². The molecule has 0 radical (unpaired) electrons. The molecule has 0 aliphatic carbocycles. The van der Waals surface area contributed by atoms with Crippen LogP contribution in [0, 0.1) is 0 Å². The Bertz CT molecular complexity index is 228. The first kappa shape index (κ1) is 15.8. The molecule has 0 aliphatic rings. The van der Waals surface area contributed by atoms with Crippen molar-refractivity contribution >= 4 is 16.1 Å². The SMILES string of the molecule is CCOC(=O)CCCN.CS(=O)(=O)O. The highest BCUT2D eigenvalue weighted by Crippen LogP contribution is 1.89. The summed E-state index contributed by atoms with van der Waals surface area (Å²) in [6.07, 6.45) is 1.89. The monoisotopic (exact) mass is 227 g/mol. The lowest BCUT2D eigenvalue weighted by Gasteiger charge is -1.98. The molecule has 0 aromatic heterocycles. The molecule has 0 saturated carbocycles. The Kier molecular flexibility index (Phi) is 10.1. The highest BCUT2D eigenvalue weighted by molar-refractivity contribution is 7.85. The van der Waals surface area contributed by atoms with E-state index in [1.54, 1.807) is 6.92 Å². The van der Waals surface area contributed by atoms with Gasteiger partial charge >= 0.3 is 5.97 Å². The Hall–Kier alpha value is -0.660. The number of carbonyl (C=O) groups is 1. The van der Waals surface area contributed by atoms with Crippen molar-refractivity contribution in [1.82, 2.24) is 0 Å². The van der Waals surface area contributed by atoms with E-state index in [-0.39, 0.29) is 5.97 Å². The van der Waals surface area contributed by atoms with Crippen molar-refractivity contribution in [3.63, 3.8) is 0 Å². The lowest BCUT2D eigenvalue weighted by atomic mass is 10.3. The van der Waals surface area contributed by atoms with Gasteiger partial charge in [-0.05, 0) is 19.9 Å². The number of esters is 1. The maximum Gasteiger partial charge on any atom is 0.305 e. The minimum absolute atomic E-state index is 0.150. The third kappa shape index (κ3) is 30.2. The number of carbonyl (C=O) groups excluding carboxylic acids is 1. The summed E-state index contributed by atoms with van der Waals surface area (Å²) in [5.41, 5.74) is 5.17. The van der Waals surface area contributed by atoms with Gasteiger partial charge in [0.15, 0.2) is 0 Å². The van der Waals surface area contributed by atoms with E-state index in [0.717, 1.165) is 6.42 Å². The fourth-order valence-corrected chi connectivity index (χ4v) is 0.480. The molecule has 3 N–H and O–H groups in total. The van der Waals surface area contributed by atoms with Gasteiger partial charge in [0, 0.05) is 6.42 Å². The van der Waals surface area contributed by atoms with E-state index in [4.69, 9.17) is 10.3 Å². The van der Waals surface area contributed by atoms with E-state index in [0.29, 0.717) is 25.8 Å². The summed E-state index contributed by atoms with van der Waals surface area (Å²) in [7, 11) is -3.67. The molecule has 0 amide bonds. The average molecular weight is 227 g/mol. The van der Waals surface area contributed by atoms with E-state index in [1.165, 1.54) is 0 Å². The molecule has 0 aromatic carbocycles. The fourth-order valence-electron chi connectivity index (χ4n) is 0.480. The van der Waals surface area contributed by atoms with Gasteiger partial charge in [0.2, 0.25) is 0 Å². The molecular weight excluding hydrogens is 210 g/mol. The Morgan fingerprint density at radius 1 is 1.50 bits per heavy atom. The molecule has 0 saturated heterocycles. The van der Waals surface area contributed by atoms with Crippen molar-refractivity contribution < 1.29 is 22.5 Å². The molecule has 6 nitrogen and oxygen atoms in total. The number of ether oxygens (including phenoxy) is 1. The van der Waals surface area contributed by atoms with Gasteiger partial charge in [0.05, 0.1) is 12.9 Å². The molecule has 0 rings (SSSR count). The minimum atomic E-state index is -3.67. The normalized spacial score (nSPS) is 10.0. The van der Waals surface area contributed by atoms with Crippen LogP contribution in [0.4, 0.5) is 0 Å². The molecular formula is C7H17NO5S. The number of nitrogens with two attached hydrogens (primary N) is 1. The Morgan fingerprint density at radius 3 is 2.21 bits per heavy atom. The fraction of sp³-hybridized carbons (Fsp3) is 0.857. The summed E-state index contributed by atoms with van der Waals surface area (Å²) < 4.78 is 30.5. The second-order valence-corrected chi connectivity index (χ2v) is 3.90. The predicted octanol–water partition coefficient (Wildman–Crippen LogP) is -0.208. The van der Waals surface area contributed by atoms with Crippen molar-refractivity contribution in [2.75, 3.05) is 19.4 Å². The van der Waals surface area contributed by atoms with Gasteiger partial charge in [-0.2, -0.15) is 8.42 Å². The highest BCUT2D eigenvalue weighted by atomic mass is 32.2. The summed E-state index contributed by atoms with van der Waals surface area (Å²) in [4.78, 5) is 10.5. The lowest BCUT2D eigenvalue weighted by molar-refractivity contribution is -0.143. The molecule has 0 bridgehead atoms. The minimum Gasteiger partial charge on any atom is -0.466 e. The molecule has 0 fully saturated rings. The molecule has 0 spiro atoms. The topological polar surface area (TPSA) is 107 Å². The van der Waals surface area contributed by atoms with Crippen LogP contribution >= 0.6 is 0 Å². The van der Waals surface area contributed by atoms with Gasteiger partial charge in [-0.25, -0.2) is 0 Å². The van der Waals surface area contributed by atoms with Crippen LogP contribution in [0.2, 0.25) is 0 Å². The standard InChI is InChI=1S/C6H13NO2.CH4O3S/c1-2-9-6(8)4-3-5-7;1-5(2,3)4/h2-5,7H2,1H3;1H3,(H,2,3,4). The summed E-state index contributed by atoms with van der Waals surface area (Å²) >= 11 is 0. The van der Waals surface area contributed by atoms with Crippen molar-refractivity contribution in [2.24, 2.45) is 5.73 Å². The van der Waals surface area contributed by atoms with Gasteiger partial charge < -0.3 is 10.5 Å². The average Bonchev–Trinajstić information content (AvgIpc) is 1.98. The van der Waals surface area contributed by atoms with Crippen LogP contribution in [0.25, 0.3) is 0 Å². The first-order valence-corrected chi connectivity index (χ1v) is 5.94. The van der Waals surface area contributed by atoms with E-state index >= 15 is 0 Å². The van der Waals surface area contributed by atoms with E-state index < -0.39 is 10.1 Å². The van der Waals surface area contributed by atoms with Crippen molar-refractivity contribution in [2.45, 2.75) is 19.8 Å². The van der Waals surface area contributed by atoms with Gasteiger partial charge in [-0.3, -0.25) is 9.35 Å². The smallest absolute Gasteiger partial charge is 0.305 e. The first-order valence-electron chi connectivity index (χ1n) is 4.09. The number of rotatable bonds is 4. The van der Waals surface area contributed by atoms with Crippen LogP contribution in [0.3, 0.4) is 0 Å². The molecule has 14 heavy (non-hydrogen) atoms. The predicted molar refractivity (Wildman–Crippen MR) is 52.4 cm³/mol. The van der Waals surface area contributed by atoms with Crippen molar-refractivity contribution in [3.05, 3.63) is 0 Å². The maximum atomic E-state index is 10.5. The summed E-state index contributed by atoms with van der Waals surface area (Å²) in [5.74, 6) is -0.150. The quantitative estimate of drug-likeness (QED) is 0.508. The molecule has 0 unspecified atom stereocenters. The molecule has 0 aromatic rings. The lowest BCUT2D eigenvalue weighted by Crippen LogP contribution is -2.07. The zero-order chi connectivity index (χ0) is 11.6. The van der Waals surface area contributed by atoms with Gasteiger partial charge in [-0.15, -0.1) is 0 Å². The van der Waals surface area contributed by atoms with Gasteiger partial charge in [0.25, 0.3) is 10.1 Å². The highest BCUT2D eigenvalue weighted by Gasteiger charge is 1.97. The third-order valence-corrected chi connectivity index (χ3v) is 0.890. The van der Waals surface area contributed by atoms with E-state index in [9.17, 15) is 13.2 Å². The Labute approximate surface area is 84.2 Å². The third-order valence-electron chi connectivity index (χ3n) is 0.890. The molecule has 0 aliphatic heterocycles. The van der Waals surface area contributed by atoms with Gasteiger partial charge in [0.1, 0.15) is 0 Å². The van der Waals surface area contributed by atoms with Crippen molar-refractivity contribution in [1.29, 1.82) is 0 Å². The van der Waals surface area contributed by atoms with Crippen LogP contribution in [-0.2, 0) is 19.6 Å². The van der Waals surface area contributed by atoms with Gasteiger partial charge in [-0.1, -0.05) is 0 Å². The number of hydrogen-bond acceptors (Lipinski definition) is 5. The first-order chi connectivity index (χ1) is 6.31. The summed E-state index contributed by atoms with van der Waals surface area (Å²) in [6, 6.07) is 0. The molecule has 7 heteroatoms. The zero-order valence-corrected chi connectivity index (χ0v) is 9.21. The maximum absolute atomic E-state index is 10.5. The van der Waals surface area contributed by atoms with Crippen molar-refractivity contribution in [3.8, 4) is 0 Å². The largest absolute Gasteiger partial charge is 0.466 e. The molecule has 86 valence electrons. The second kappa shape index (κ2) is 8.92. The summed E-state index contributed by atoms with van der Waals surface area (Å²) in [6.45, 7) is 2.81. The van der Waals surface area contributed by atoms with Crippen LogP contribution in [-0.4, -0.2) is 38.3 Å². The van der Waals surface area contributed by atoms with E-state index in [2.05, 4.69) is 4.74 Å².